The number of carbonyl (C=O) groups is 1. The Kier molecular flexibility index (Phi) is 8.87. The van der Waals surface area contributed by atoms with Crippen molar-refractivity contribution in [3.05, 3.63) is 40.2 Å². The number of hydrogen-bond acceptors (Lipinski definition) is 6. The van der Waals surface area contributed by atoms with Gasteiger partial charge in [0, 0.05) is 48.8 Å². The molecule has 0 amide bonds. The van der Waals surface area contributed by atoms with Gasteiger partial charge in [0.15, 0.2) is 12.4 Å². The van der Waals surface area contributed by atoms with Crippen LogP contribution in [0, 0.1) is 11.8 Å². The normalized spacial score (nSPS) is 21.0. The Balaban J connectivity index is 1.17. The summed E-state index contributed by atoms with van der Waals surface area (Å²) in [6, 6.07) is 3.83. The van der Waals surface area contributed by atoms with Crippen molar-refractivity contribution >= 4 is 17.1 Å². The van der Waals surface area contributed by atoms with E-state index in [1.165, 1.54) is 24.2 Å². The zero-order chi connectivity index (χ0) is 24.8. The number of aromatic nitrogens is 2. The van der Waals surface area contributed by atoms with Gasteiger partial charge in [0.1, 0.15) is 0 Å². The van der Waals surface area contributed by atoms with Crippen LogP contribution in [0.15, 0.2) is 18.3 Å². The van der Waals surface area contributed by atoms with Crippen LogP contribution in [-0.4, -0.2) is 46.3 Å². The SMILES string of the molecule is CCCc1cc(C(=O)CC2CCC(CCN3CCc4sc(OCC(C)(F)F)nc4C3)CC2)ccn1. The first-order chi connectivity index (χ1) is 16.8. The lowest BCUT2D eigenvalue weighted by atomic mass is 9.78. The number of Topliss-reactive ketones (excluding diaryl/α,β-unsaturated/α-hetero) is 1. The Labute approximate surface area is 211 Å². The van der Waals surface area contributed by atoms with Crippen LogP contribution in [0.4, 0.5) is 8.78 Å². The van der Waals surface area contributed by atoms with Crippen LogP contribution < -0.4 is 4.74 Å². The molecular weight excluding hydrogens is 468 g/mol. The molecule has 5 nitrogen and oxygen atoms in total. The first-order valence-corrected chi connectivity index (χ1v) is 13.8. The van der Waals surface area contributed by atoms with Gasteiger partial charge < -0.3 is 4.74 Å². The molecule has 1 fully saturated rings. The highest BCUT2D eigenvalue weighted by atomic mass is 32.1. The quantitative estimate of drug-likeness (QED) is 0.333. The van der Waals surface area contributed by atoms with E-state index >= 15 is 0 Å². The Morgan fingerprint density at radius 3 is 2.77 bits per heavy atom. The van der Waals surface area contributed by atoms with E-state index in [4.69, 9.17) is 4.74 Å². The minimum Gasteiger partial charge on any atom is -0.464 e. The number of carbonyl (C=O) groups excluding carboxylic acids is 1. The van der Waals surface area contributed by atoms with Crippen molar-refractivity contribution in [2.45, 2.75) is 84.1 Å². The predicted octanol–water partition coefficient (Wildman–Crippen LogP) is 6.35. The Bertz CT molecular complexity index is 983. The lowest BCUT2D eigenvalue weighted by Gasteiger charge is -2.31. The number of hydrogen-bond donors (Lipinski definition) is 0. The maximum Gasteiger partial charge on any atom is 0.278 e. The van der Waals surface area contributed by atoms with E-state index in [1.54, 1.807) is 6.20 Å². The molecule has 8 heteroatoms. The second-order valence-corrected chi connectivity index (χ2v) is 11.4. The third-order valence-corrected chi connectivity index (χ3v) is 8.24. The van der Waals surface area contributed by atoms with Crippen molar-refractivity contribution in [1.82, 2.24) is 14.9 Å². The van der Waals surface area contributed by atoms with Gasteiger partial charge in [-0.2, -0.15) is 0 Å². The second-order valence-electron chi connectivity index (χ2n) is 10.3. The molecule has 4 rings (SSSR count). The molecule has 0 bridgehead atoms. The van der Waals surface area contributed by atoms with E-state index in [1.807, 2.05) is 12.1 Å². The van der Waals surface area contributed by atoms with E-state index < -0.39 is 12.5 Å². The first kappa shape index (κ1) is 26.1. The zero-order valence-electron chi connectivity index (χ0n) is 20.9. The van der Waals surface area contributed by atoms with Gasteiger partial charge in [-0.1, -0.05) is 37.5 Å². The molecule has 1 saturated carbocycles. The lowest BCUT2D eigenvalue weighted by molar-refractivity contribution is -0.0230. The number of alkyl halides is 2. The molecule has 2 aliphatic rings. The van der Waals surface area contributed by atoms with Crippen LogP contribution >= 0.6 is 11.3 Å². The van der Waals surface area contributed by atoms with Crippen LogP contribution in [0.3, 0.4) is 0 Å². The van der Waals surface area contributed by atoms with Gasteiger partial charge in [0.25, 0.3) is 11.1 Å². The van der Waals surface area contributed by atoms with Crippen LogP contribution in [0.1, 0.15) is 85.4 Å². The average molecular weight is 506 g/mol. The van der Waals surface area contributed by atoms with Gasteiger partial charge in [0.2, 0.25) is 0 Å². The van der Waals surface area contributed by atoms with Crippen LogP contribution in [-0.2, 0) is 19.4 Å². The number of ketones is 1. The number of nitrogens with zero attached hydrogens (tertiary/aromatic N) is 3. The van der Waals surface area contributed by atoms with Gasteiger partial charge in [-0.25, -0.2) is 13.8 Å². The summed E-state index contributed by atoms with van der Waals surface area (Å²) in [4.78, 5) is 25.2. The van der Waals surface area contributed by atoms with Crippen molar-refractivity contribution < 1.29 is 18.3 Å². The largest absolute Gasteiger partial charge is 0.464 e. The first-order valence-electron chi connectivity index (χ1n) is 13.0. The van der Waals surface area contributed by atoms with Crippen molar-refractivity contribution in [2.75, 3.05) is 19.7 Å². The summed E-state index contributed by atoms with van der Waals surface area (Å²) in [6.45, 7) is 5.14. The third-order valence-electron chi connectivity index (χ3n) is 7.17. The van der Waals surface area contributed by atoms with Crippen LogP contribution in [0.5, 0.6) is 5.19 Å². The number of rotatable bonds is 11. The molecule has 192 valence electrons. The smallest absolute Gasteiger partial charge is 0.278 e. The molecule has 0 N–H and O–H groups in total. The minimum atomic E-state index is -2.85. The number of thiazole rings is 1. The van der Waals surface area contributed by atoms with Crippen LogP contribution in [0.25, 0.3) is 0 Å². The number of halogens is 2. The van der Waals surface area contributed by atoms with Gasteiger partial charge in [-0.3, -0.25) is 14.7 Å². The summed E-state index contributed by atoms with van der Waals surface area (Å²) in [6.07, 6.45) is 11.1. The highest BCUT2D eigenvalue weighted by Crippen LogP contribution is 2.35. The second kappa shape index (κ2) is 11.9. The van der Waals surface area contributed by atoms with Crippen molar-refractivity contribution in [3.63, 3.8) is 0 Å². The van der Waals surface area contributed by atoms with Gasteiger partial charge in [-0.05, 0) is 62.6 Å². The van der Waals surface area contributed by atoms with Crippen molar-refractivity contribution in [3.8, 4) is 5.19 Å². The standard InChI is InChI=1S/C27H37F2N3O2S/c1-3-4-22-16-21(9-12-30-22)24(33)15-20-7-5-19(6-8-20)10-13-32-14-11-25-23(17-32)31-26(35-25)34-18-27(2,28)29/h9,12,16,19-20H,3-8,10-11,13-15,17-18H2,1-2H3. The Morgan fingerprint density at radius 2 is 2.03 bits per heavy atom. The summed E-state index contributed by atoms with van der Waals surface area (Å²) in [5.74, 6) is -1.39. The molecule has 0 radical (unpaired) electrons. The third kappa shape index (κ3) is 7.78. The molecule has 0 atom stereocenters. The highest BCUT2D eigenvalue weighted by Gasteiger charge is 2.27. The molecule has 2 aromatic rings. The van der Waals surface area contributed by atoms with E-state index in [9.17, 15) is 13.6 Å². The molecule has 0 spiro atoms. The summed E-state index contributed by atoms with van der Waals surface area (Å²) >= 11 is 1.41. The molecule has 35 heavy (non-hydrogen) atoms. The fraction of sp³-hybridized carbons (Fsp3) is 0.667. The molecule has 3 heterocycles. The van der Waals surface area contributed by atoms with Crippen LogP contribution in [0.2, 0.25) is 0 Å². The van der Waals surface area contributed by atoms with Gasteiger partial charge in [-0.15, -0.1) is 0 Å². The van der Waals surface area contributed by atoms with Gasteiger partial charge >= 0.3 is 0 Å². The molecule has 0 saturated heterocycles. The Hall–Kier alpha value is -1.93. The molecule has 1 aliphatic heterocycles. The maximum absolute atomic E-state index is 13.1. The zero-order valence-corrected chi connectivity index (χ0v) is 21.7. The van der Waals surface area contributed by atoms with E-state index in [0.717, 1.165) is 86.9 Å². The number of aryl methyl sites for hydroxylation is 1. The molecule has 0 aromatic carbocycles. The maximum atomic E-state index is 13.1. The van der Waals surface area contributed by atoms with Gasteiger partial charge in [0.05, 0.1) is 5.69 Å². The Morgan fingerprint density at radius 1 is 1.26 bits per heavy atom. The summed E-state index contributed by atoms with van der Waals surface area (Å²) in [5.41, 5.74) is 2.81. The van der Waals surface area contributed by atoms with Crippen molar-refractivity contribution in [1.29, 1.82) is 0 Å². The van der Waals surface area contributed by atoms with Crippen molar-refractivity contribution in [2.24, 2.45) is 11.8 Å². The average Bonchev–Trinajstić information content (AvgIpc) is 3.25. The molecule has 1 aliphatic carbocycles. The van der Waals surface area contributed by atoms with E-state index in [2.05, 4.69) is 21.8 Å². The number of pyridine rings is 1. The topological polar surface area (TPSA) is 55.3 Å². The summed E-state index contributed by atoms with van der Waals surface area (Å²) < 4.78 is 31.3. The fourth-order valence-corrected chi connectivity index (χ4v) is 6.09. The number of fused-ring (bicyclic) bond motifs is 1. The summed E-state index contributed by atoms with van der Waals surface area (Å²) in [7, 11) is 0. The molecule has 2 aromatic heterocycles. The van der Waals surface area contributed by atoms with E-state index in [0.29, 0.717) is 23.5 Å². The summed E-state index contributed by atoms with van der Waals surface area (Å²) in [5, 5.41) is 0.361. The predicted molar refractivity (Wildman–Crippen MR) is 134 cm³/mol. The number of ether oxygens (including phenoxy) is 1. The minimum absolute atomic E-state index is 0.256. The lowest BCUT2D eigenvalue weighted by Crippen LogP contribution is -2.32. The monoisotopic (exact) mass is 505 g/mol. The molecule has 0 unspecified atom stereocenters. The van der Waals surface area contributed by atoms with E-state index in [-0.39, 0.29) is 5.78 Å². The highest BCUT2D eigenvalue weighted by molar-refractivity contribution is 7.13. The fourth-order valence-electron chi connectivity index (χ4n) is 5.18. The molecular formula is C27H37F2N3O2S.